The topological polar surface area (TPSA) is 41.9 Å². The molecule has 5 heteroatoms. The van der Waals surface area contributed by atoms with Gasteiger partial charge in [0, 0.05) is 25.2 Å². The maximum absolute atomic E-state index is 4.51. The van der Waals surface area contributed by atoms with E-state index in [-0.39, 0.29) is 5.54 Å². The molecule has 0 aliphatic carbocycles. The standard InChI is InChI=1S/C12H21BrN4/c1-4-17-10(11(13)9(2)16-17)7-15-12(3)5-6-14-8-12/h14-15H,4-8H2,1-3H3. The first-order valence-electron chi connectivity index (χ1n) is 6.23. The fourth-order valence-electron chi connectivity index (χ4n) is 2.30. The van der Waals surface area contributed by atoms with E-state index < -0.39 is 0 Å². The molecule has 2 N–H and O–H groups in total. The van der Waals surface area contributed by atoms with Crippen LogP contribution in [0, 0.1) is 6.92 Å². The van der Waals surface area contributed by atoms with Crippen molar-refractivity contribution < 1.29 is 0 Å². The van der Waals surface area contributed by atoms with Crippen LogP contribution >= 0.6 is 15.9 Å². The van der Waals surface area contributed by atoms with Gasteiger partial charge in [0.05, 0.1) is 15.9 Å². The summed E-state index contributed by atoms with van der Waals surface area (Å²) in [5, 5.41) is 11.6. The summed E-state index contributed by atoms with van der Waals surface area (Å²) in [5.41, 5.74) is 2.53. The zero-order chi connectivity index (χ0) is 12.5. The second kappa shape index (κ2) is 5.08. The molecule has 1 aliphatic heterocycles. The highest BCUT2D eigenvalue weighted by Gasteiger charge is 2.28. The second-order valence-electron chi connectivity index (χ2n) is 5.00. The minimum atomic E-state index is 0.218. The van der Waals surface area contributed by atoms with Crippen molar-refractivity contribution in [2.75, 3.05) is 13.1 Å². The van der Waals surface area contributed by atoms with Gasteiger partial charge >= 0.3 is 0 Å². The van der Waals surface area contributed by atoms with E-state index in [4.69, 9.17) is 0 Å². The zero-order valence-corrected chi connectivity index (χ0v) is 12.4. The van der Waals surface area contributed by atoms with Crippen molar-refractivity contribution in [2.45, 2.75) is 45.8 Å². The van der Waals surface area contributed by atoms with Crippen molar-refractivity contribution in [1.82, 2.24) is 20.4 Å². The predicted molar refractivity (Wildman–Crippen MR) is 73.1 cm³/mol. The van der Waals surface area contributed by atoms with Crippen LogP contribution in [0.25, 0.3) is 0 Å². The molecule has 0 aromatic carbocycles. The molecular weight excluding hydrogens is 280 g/mol. The summed E-state index contributed by atoms with van der Waals surface area (Å²) in [5.74, 6) is 0. The van der Waals surface area contributed by atoms with E-state index in [1.807, 2.05) is 6.92 Å². The molecule has 2 heterocycles. The average molecular weight is 301 g/mol. The molecule has 1 saturated heterocycles. The van der Waals surface area contributed by atoms with Gasteiger partial charge in [-0.25, -0.2) is 0 Å². The van der Waals surface area contributed by atoms with Gasteiger partial charge in [-0.15, -0.1) is 0 Å². The van der Waals surface area contributed by atoms with E-state index in [0.717, 1.165) is 36.3 Å². The van der Waals surface area contributed by atoms with E-state index in [0.29, 0.717) is 0 Å². The lowest BCUT2D eigenvalue weighted by Gasteiger charge is -2.24. The Kier molecular flexibility index (Phi) is 3.90. The molecule has 0 radical (unpaired) electrons. The molecule has 1 aliphatic rings. The van der Waals surface area contributed by atoms with Crippen LogP contribution in [0.1, 0.15) is 31.7 Å². The van der Waals surface area contributed by atoms with Gasteiger partial charge in [-0.3, -0.25) is 4.68 Å². The van der Waals surface area contributed by atoms with Crippen LogP contribution in [-0.2, 0) is 13.1 Å². The normalized spacial score (nSPS) is 24.5. The fraction of sp³-hybridized carbons (Fsp3) is 0.750. The summed E-state index contributed by atoms with van der Waals surface area (Å²) in [4.78, 5) is 0. The zero-order valence-electron chi connectivity index (χ0n) is 10.8. The molecule has 1 aromatic rings. The van der Waals surface area contributed by atoms with Gasteiger partial charge in [0.25, 0.3) is 0 Å². The third kappa shape index (κ3) is 2.72. The lowest BCUT2D eigenvalue weighted by molar-refractivity contribution is 0.377. The summed E-state index contributed by atoms with van der Waals surface area (Å²) in [6.45, 7) is 10.4. The van der Waals surface area contributed by atoms with Crippen molar-refractivity contribution in [3.8, 4) is 0 Å². The molecule has 0 bridgehead atoms. The number of halogens is 1. The molecule has 1 atom stereocenters. The van der Waals surface area contributed by atoms with Crippen LogP contribution in [0.2, 0.25) is 0 Å². The van der Waals surface area contributed by atoms with Gasteiger partial charge < -0.3 is 10.6 Å². The fourth-order valence-corrected chi connectivity index (χ4v) is 2.73. The molecular formula is C12H21BrN4. The number of aromatic nitrogens is 2. The van der Waals surface area contributed by atoms with Gasteiger partial charge in [0.1, 0.15) is 0 Å². The quantitative estimate of drug-likeness (QED) is 0.891. The largest absolute Gasteiger partial charge is 0.315 e. The van der Waals surface area contributed by atoms with Crippen molar-refractivity contribution in [3.05, 3.63) is 15.9 Å². The SMILES string of the molecule is CCn1nc(C)c(Br)c1CNC1(C)CCNC1. The number of hydrogen-bond donors (Lipinski definition) is 2. The molecule has 1 fully saturated rings. The maximum Gasteiger partial charge on any atom is 0.0739 e. The number of rotatable bonds is 4. The highest BCUT2D eigenvalue weighted by molar-refractivity contribution is 9.10. The van der Waals surface area contributed by atoms with Crippen LogP contribution in [0.5, 0.6) is 0 Å². The van der Waals surface area contributed by atoms with Gasteiger partial charge in [-0.1, -0.05) is 0 Å². The molecule has 0 spiro atoms. The highest BCUT2D eigenvalue weighted by Crippen LogP contribution is 2.22. The first kappa shape index (κ1) is 13.1. The third-order valence-electron chi connectivity index (χ3n) is 3.50. The molecule has 2 rings (SSSR count). The Bertz CT molecular complexity index is 393. The third-order valence-corrected chi connectivity index (χ3v) is 4.54. The molecule has 0 amide bonds. The molecule has 0 saturated carbocycles. The van der Waals surface area contributed by atoms with Crippen molar-refractivity contribution in [1.29, 1.82) is 0 Å². The Balaban J connectivity index is 2.08. The Morgan fingerprint density at radius 1 is 1.59 bits per heavy atom. The van der Waals surface area contributed by atoms with E-state index in [2.05, 4.69) is 50.2 Å². The first-order chi connectivity index (χ1) is 8.06. The van der Waals surface area contributed by atoms with Crippen LogP contribution < -0.4 is 10.6 Å². The van der Waals surface area contributed by atoms with Crippen LogP contribution in [-0.4, -0.2) is 28.4 Å². The van der Waals surface area contributed by atoms with Crippen molar-refractivity contribution in [3.63, 3.8) is 0 Å². The monoisotopic (exact) mass is 300 g/mol. The van der Waals surface area contributed by atoms with Crippen LogP contribution in [0.4, 0.5) is 0 Å². The van der Waals surface area contributed by atoms with Gasteiger partial charge in [-0.2, -0.15) is 5.10 Å². The van der Waals surface area contributed by atoms with Crippen molar-refractivity contribution >= 4 is 15.9 Å². The summed E-state index contributed by atoms with van der Waals surface area (Å²) < 4.78 is 3.21. The molecule has 96 valence electrons. The number of hydrogen-bond acceptors (Lipinski definition) is 3. The van der Waals surface area contributed by atoms with Gasteiger partial charge in [0.15, 0.2) is 0 Å². The minimum Gasteiger partial charge on any atom is -0.315 e. The van der Waals surface area contributed by atoms with E-state index in [9.17, 15) is 0 Å². The average Bonchev–Trinajstić information content (AvgIpc) is 2.84. The second-order valence-corrected chi connectivity index (χ2v) is 5.80. The molecule has 4 nitrogen and oxygen atoms in total. The summed E-state index contributed by atoms with van der Waals surface area (Å²) in [7, 11) is 0. The van der Waals surface area contributed by atoms with Crippen molar-refractivity contribution in [2.24, 2.45) is 0 Å². The Hall–Kier alpha value is -0.390. The smallest absolute Gasteiger partial charge is 0.0739 e. The summed E-state index contributed by atoms with van der Waals surface area (Å²) >= 11 is 3.63. The number of nitrogens with zero attached hydrogens (tertiary/aromatic N) is 2. The lowest BCUT2D eigenvalue weighted by atomic mass is 10.0. The lowest BCUT2D eigenvalue weighted by Crippen LogP contribution is -2.43. The van der Waals surface area contributed by atoms with Crippen LogP contribution in [0.3, 0.4) is 0 Å². The summed E-state index contributed by atoms with van der Waals surface area (Å²) in [6, 6.07) is 0. The highest BCUT2D eigenvalue weighted by atomic mass is 79.9. The maximum atomic E-state index is 4.51. The molecule has 17 heavy (non-hydrogen) atoms. The van der Waals surface area contributed by atoms with E-state index in [1.54, 1.807) is 0 Å². The Morgan fingerprint density at radius 2 is 2.35 bits per heavy atom. The molecule has 1 unspecified atom stereocenters. The minimum absolute atomic E-state index is 0.218. The van der Waals surface area contributed by atoms with Gasteiger partial charge in [-0.05, 0) is 49.7 Å². The number of nitrogens with one attached hydrogen (secondary N) is 2. The van der Waals surface area contributed by atoms with E-state index in [1.165, 1.54) is 12.1 Å². The van der Waals surface area contributed by atoms with Crippen LogP contribution in [0.15, 0.2) is 4.47 Å². The Labute approximate surface area is 111 Å². The number of aryl methyl sites for hydroxylation is 2. The van der Waals surface area contributed by atoms with Gasteiger partial charge in [0.2, 0.25) is 0 Å². The Morgan fingerprint density at radius 3 is 2.94 bits per heavy atom. The predicted octanol–water partition coefficient (Wildman–Crippen LogP) is 1.82. The first-order valence-corrected chi connectivity index (χ1v) is 7.02. The van der Waals surface area contributed by atoms with E-state index >= 15 is 0 Å². The molecule has 1 aromatic heterocycles. The summed E-state index contributed by atoms with van der Waals surface area (Å²) in [6.07, 6.45) is 1.18.